The Bertz CT molecular complexity index is 386. The van der Waals surface area contributed by atoms with Gasteiger partial charge < -0.3 is 9.84 Å². The number of carboxylic acid groups (broad SMARTS) is 1. The number of ether oxygens (including phenoxy) is 1. The number of rotatable bonds is 2. The van der Waals surface area contributed by atoms with Crippen LogP contribution in [0.25, 0.3) is 0 Å². The van der Waals surface area contributed by atoms with Crippen molar-refractivity contribution in [3.8, 4) is 5.75 Å². The van der Waals surface area contributed by atoms with E-state index in [0.717, 1.165) is 0 Å². The molecule has 0 aromatic heterocycles. The molecule has 0 heterocycles. The topological polar surface area (TPSA) is 63.6 Å². The molecule has 74 valence electrons. The molecule has 4 nitrogen and oxygen atoms in total. The molecule has 0 amide bonds. The first kappa shape index (κ1) is 11.0. The molecule has 0 bridgehead atoms. The van der Waals surface area contributed by atoms with Crippen LogP contribution in [0.5, 0.6) is 5.75 Å². The molecule has 0 saturated heterocycles. The molecule has 1 rings (SSSR count). The van der Waals surface area contributed by atoms with Gasteiger partial charge in [-0.2, -0.15) is 0 Å². The molecule has 1 aromatic carbocycles. The van der Waals surface area contributed by atoms with Crippen LogP contribution in [0.4, 0.5) is 0 Å². The van der Waals surface area contributed by atoms with Crippen molar-refractivity contribution in [2.24, 2.45) is 0 Å². The molecule has 0 aliphatic rings. The predicted molar refractivity (Wildman–Crippen MR) is 57.4 cm³/mol. The zero-order chi connectivity index (χ0) is 10.7. The average molecular weight is 306 g/mol. The molecule has 0 fully saturated rings. The first-order valence-electron chi connectivity index (χ1n) is 3.72. The average Bonchev–Trinajstić information content (AvgIpc) is 2.07. The number of aromatic carboxylic acids is 1. The first-order chi connectivity index (χ1) is 6.50. The van der Waals surface area contributed by atoms with Crippen LogP contribution in [0.1, 0.15) is 17.3 Å². The van der Waals surface area contributed by atoms with Crippen molar-refractivity contribution in [1.29, 1.82) is 0 Å². The highest BCUT2D eigenvalue weighted by molar-refractivity contribution is 14.1. The lowest BCUT2D eigenvalue weighted by Crippen LogP contribution is -2.04. The zero-order valence-electron chi connectivity index (χ0n) is 7.28. The summed E-state index contributed by atoms with van der Waals surface area (Å²) in [7, 11) is 0. The van der Waals surface area contributed by atoms with Gasteiger partial charge in [-0.1, -0.05) is 0 Å². The largest absolute Gasteiger partial charge is 0.478 e. The van der Waals surface area contributed by atoms with Gasteiger partial charge >= 0.3 is 11.9 Å². The van der Waals surface area contributed by atoms with Gasteiger partial charge in [0, 0.05) is 6.92 Å². The molecule has 0 spiro atoms. The Hall–Kier alpha value is -1.11. The SMILES string of the molecule is CC(=O)Oc1ccc(C(=O)O)cc1I. The highest BCUT2D eigenvalue weighted by atomic mass is 127. The highest BCUT2D eigenvalue weighted by Crippen LogP contribution is 2.22. The number of carbonyl (C=O) groups is 2. The third-order valence-electron chi connectivity index (χ3n) is 1.43. The van der Waals surface area contributed by atoms with Gasteiger partial charge in [0.15, 0.2) is 0 Å². The van der Waals surface area contributed by atoms with E-state index in [9.17, 15) is 9.59 Å². The van der Waals surface area contributed by atoms with Crippen molar-refractivity contribution in [2.45, 2.75) is 6.92 Å². The van der Waals surface area contributed by atoms with Crippen LogP contribution in [0, 0.1) is 3.57 Å². The van der Waals surface area contributed by atoms with E-state index in [0.29, 0.717) is 9.32 Å². The van der Waals surface area contributed by atoms with Crippen molar-refractivity contribution in [3.63, 3.8) is 0 Å². The summed E-state index contributed by atoms with van der Waals surface area (Å²) in [6.07, 6.45) is 0. The van der Waals surface area contributed by atoms with E-state index in [-0.39, 0.29) is 5.56 Å². The van der Waals surface area contributed by atoms with Crippen molar-refractivity contribution >= 4 is 34.5 Å². The number of carbonyl (C=O) groups excluding carboxylic acids is 1. The van der Waals surface area contributed by atoms with Crippen molar-refractivity contribution in [2.75, 3.05) is 0 Å². The maximum absolute atomic E-state index is 10.6. The van der Waals surface area contributed by atoms with Crippen LogP contribution in [0.15, 0.2) is 18.2 Å². The molecule has 5 heteroatoms. The molecule has 0 saturated carbocycles. The first-order valence-corrected chi connectivity index (χ1v) is 4.80. The molecule has 0 unspecified atom stereocenters. The van der Waals surface area contributed by atoms with Crippen molar-refractivity contribution in [3.05, 3.63) is 27.3 Å². The molecule has 1 aromatic rings. The second-order valence-electron chi connectivity index (χ2n) is 2.54. The van der Waals surface area contributed by atoms with E-state index in [1.165, 1.54) is 25.1 Å². The number of benzene rings is 1. The lowest BCUT2D eigenvalue weighted by atomic mass is 10.2. The van der Waals surface area contributed by atoms with Gasteiger partial charge in [0.2, 0.25) is 0 Å². The maximum Gasteiger partial charge on any atom is 0.335 e. The minimum atomic E-state index is -1.00. The Morgan fingerprint density at radius 1 is 1.43 bits per heavy atom. The number of halogens is 1. The van der Waals surface area contributed by atoms with Crippen LogP contribution in [-0.2, 0) is 4.79 Å². The Morgan fingerprint density at radius 2 is 2.07 bits per heavy atom. The van der Waals surface area contributed by atoms with Gasteiger partial charge in [0.05, 0.1) is 9.13 Å². The van der Waals surface area contributed by atoms with E-state index >= 15 is 0 Å². The van der Waals surface area contributed by atoms with Gasteiger partial charge in [-0.05, 0) is 40.8 Å². The van der Waals surface area contributed by atoms with Crippen LogP contribution in [-0.4, -0.2) is 17.0 Å². The fraction of sp³-hybridized carbons (Fsp3) is 0.111. The zero-order valence-corrected chi connectivity index (χ0v) is 9.44. The summed E-state index contributed by atoms with van der Waals surface area (Å²) < 4.78 is 5.44. The quantitative estimate of drug-likeness (QED) is 0.515. The van der Waals surface area contributed by atoms with Crippen molar-refractivity contribution < 1.29 is 19.4 Å². The Balaban J connectivity index is 3.01. The number of hydrogen-bond acceptors (Lipinski definition) is 3. The van der Waals surface area contributed by atoms with Gasteiger partial charge in [0.25, 0.3) is 0 Å². The third kappa shape index (κ3) is 2.69. The fourth-order valence-corrected chi connectivity index (χ4v) is 1.50. The molecule has 0 aliphatic heterocycles. The van der Waals surface area contributed by atoms with Crippen LogP contribution >= 0.6 is 22.6 Å². The highest BCUT2D eigenvalue weighted by Gasteiger charge is 2.08. The summed E-state index contributed by atoms with van der Waals surface area (Å²) in [5.41, 5.74) is 0.172. The Morgan fingerprint density at radius 3 is 2.50 bits per heavy atom. The van der Waals surface area contributed by atoms with Crippen LogP contribution in [0.2, 0.25) is 0 Å². The van der Waals surface area contributed by atoms with Gasteiger partial charge in [0.1, 0.15) is 5.75 Å². The predicted octanol–water partition coefficient (Wildman–Crippen LogP) is 1.91. The molecule has 14 heavy (non-hydrogen) atoms. The van der Waals surface area contributed by atoms with E-state index < -0.39 is 11.9 Å². The normalized spacial score (nSPS) is 9.57. The summed E-state index contributed by atoms with van der Waals surface area (Å²) in [5.74, 6) is -1.05. The minimum absolute atomic E-state index is 0.172. The number of carboxylic acids is 1. The van der Waals surface area contributed by atoms with E-state index in [1.54, 1.807) is 0 Å². The molecular weight excluding hydrogens is 299 g/mol. The van der Waals surface area contributed by atoms with E-state index in [4.69, 9.17) is 9.84 Å². The summed E-state index contributed by atoms with van der Waals surface area (Å²) in [4.78, 5) is 21.2. The third-order valence-corrected chi connectivity index (χ3v) is 2.28. The molecular formula is C9H7IO4. The smallest absolute Gasteiger partial charge is 0.335 e. The summed E-state index contributed by atoms with van der Waals surface area (Å²) >= 11 is 1.91. The Kier molecular flexibility index (Phi) is 3.45. The van der Waals surface area contributed by atoms with Gasteiger partial charge in [-0.15, -0.1) is 0 Å². The van der Waals surface area contributed by atoms with Crippen LogP contribution in [0.3, 0.4) is 0 Å². The van der Waals surface area contributed by atoms with Crippen molar-refractivity contribution in [1.82, 2.24) is 0 Å². The molecule has 1 N–H and O–H groups in total. The number of hydrogen-bond donors (Lipinski definition) is 1. The minimum Gasteiger partial charge on any atom is -0.478 e. The number of esters is 1. The Labute approximate surface area is 94.0 Å². The summed E-state index contributed by atoms with van der Waals surface area (Å²) in [5, 5.41) is 8.67. The lowest BCUT2D eigenvalue weighted by Gasteiger charge is -2.04. The second kappa shape index (κ2) is 4.41. The second-order valence-corrected chi connectivity index (χ2v) is 3.71. The van der Waals surface area contributed by atoms with Gasteiger partial charge in [-0.25, -0.2) is 4.79 Å². The van der Waals surface area contributed by atoms with Crippen LogP contribution < -0.4 is 4.74 Å². The molecule has 0 radical (unpaired) electrons. The van der Waals surface area contributed by atoms with E-state index in [2.05, 4.69) is 0 Å². The standard InChI is InChI=1S/C9H7IO4/c1-5(11)14-8-3-2-6(9(12)13)4-7(8)10/h2-4H,1H3,(H,12,13). The summed E-state index contributed by atoms with van der Waals surface area (Å²) in [6, 6.07) is 4.30. The maximum atomic E-state index is 10.6. The lowest BCUT2D eigenvalue weighted by molar-refractivity contribution is -0.131. The monoisotopic (exact) mass is 306 g/mol. The van der Waals surface area contributed by atoms with Gasteiger partial charge in [-0.3, -0.25) is 4.79 Å². The molecule has 0 aliphatic carbocycles. The van der Waals surface area contributed by atoms with E-state index in [1.807, 2.05) is 22.6 Å². The fourth-order valence-electron chi connectivity index (χ4n) is 0.871. The molecule has 0 atom stereocenters. The summed E-state index contributed by atoms with van der Waals surface area (Å²) in [6.45, 7) is 1.29.